The van der Waals surface area contributed by atoms with Gasteiger partial charge in [0, 0.05) is 6.42 Å². The molecule has 1 N–H and O–H groups in total. The van der Waals surface area contributed by atoms with Crippen LogP contribution in [0.2, 0.25) is 0 Å². The third kappa shape index (κ3) is 12.0. The van der Waals surface area contributed by atoms with Crippen LogP contribution in [0.15, 0.2) is 0 Å². The molecule has 1 atom stereocenters. The standard InChI is InChI=1S/C16H30O4/c1-14(16(19)20-2)12-10-8-6-4-3-5-7-9-11-13-15(17)18/h14H,3-13H2,1-2H3,(H,17,18). The summed E-state index contributed by atoms with van der Waals surface area (Å²) in [6, 6.07) is 0. The SMILES string of the molecule is COC(=O)C(C)CCCCCCCCCCCC(=O)O. The predicted octanol–water partition coefficient (Wildman–Crippen LogP) is 4.17. The van der Waals surface area contributed by atoms with Crippen LogP contribution in [-0.4, -0.2) is 24.2 Å². The number of carbonyl (C=O) groups is 2. The van der Waals surface area contributed by atoms with Crippen molar-refractivity contribution < 1.29 is 19.4 Å². The first kappa shape index (κ1) is 18.9. The number of carboxylic acid groups (broad SMARTS) is 1. The lowest BCUT2D eigenvalue weighted by Crippen LogP contribution is -2.12. The summed E-state index contributed by atoms with van der Waals surface area (Å²) < 4.78 is 4.69. The van der Waals surface area contributed by atoms with Crippen molar-refractivity contribution in [1.29, 1.82) is 0 Å². The molecule has 1 unspecified atom stereocenters. The zero-order valence-electron chi connectivity index (χ0n) is 13.0. The number of carbonyl (C=O) groups excluding carboxylic acids is 1. The second kappa shape index (κ2) is 12.9. The predicted molar refractivity (Wildman–Crippen MR) is 79.6 cm³/mol. The molecule has 0 aliphatic heterocycles. The van der Waals surface area contributed by atoms with Gasteiger partial charge in [-0.1, -0.05) is 58.3 Å². The highest BCUT2D eigenvalue weighted by molar-refractivity contribution is 5.71. The van der Waals surface area contributed by atoms with E-state index in [0.29, 0.717) is 6.42 Å². The molecule has 0 aromatic carbocycles. The van der Waals surface area contributed by atoms with Crippen LogP contribution in [0.1, 0.15) is 77.6 Å². The molecule has 4 heteroatoms. The number of hydrogen-bond acceptors (Lipinski definition) is 3. The Morgan fingerprint density at radius 3 is 1.80 bits per heavy atom. The van der Waals surface area contributed by atoms with Crippen LogP contribution in [0.4, 0.5) is 0 Å². The average Bonchev–Trinajstić information content (AvgIpc) is 2.43. The summed E-state index contributed by atoms with van der Waals surface area (Å²) >= 11 is 0. The fourth-order valence-electron chi connectivity index (χ4n) is 2.28. The third-order valence-corrected chi connectivity index (χ3v) is 3.63. The molecule has 0 heterocycles. The van der Waals surface area contributed by atoms with Gasteiger partial charge in [0.2, 0.25) is 0 Å². The molecule has 0 aliphatic carbocycles. The molecule has 20 heavy (non-hydrogen) atoms. The summed E-state index contributed by atoms with van der Waals surface area (Å²) in [7, 11) is 1.44. The Bertz CT molecular complexity index is 263. The van der Waals surface area contributed by atoms with E-state index in [2.05, 4.69) is 0 Å². The van der Waals surface area contributed by atoms with E-state index in [9.17, 15) is 9.59 Å². The maximum Gasteiger partial charge on any atom is 0.308 e. The molecule has 0 spiro atoms. The molecule has 0 fully saturated rings. The maximum absolute atomic E-state index is 11.2. The summed E-state index contributed by atoms with van der Waals surface area (Å²) in [5.41, 5.74) is 0. The van der Waals surface area contributed by atoms with Crippen LogP contribution in [0.5, 0.6) is 0 Å². The number of aliphatic carboxylic acids is 1. The lowest BCUT2D eigenvalue weighted by molar-refractivity contribution is -0.145. The third-order valence-electron chi connectivity index (χ3n) is 3.63. The van der Waals surface area contributed by atoms with Crippen molar-refractivity contribution in [2.75, 3.05) is 7.11 Å². The Labute approximate surface area is 122 Å². The second-order valence-electron chi connectivity index (χ2n) is 5.54. The number of methoxy groups -OCH3 is 1. The molecule has 0 bridgehead atoms. The first-order valence-corrected chi connectivity index (χ1v) is 7.87. The van der Waals surface area contributed by atoms with Crippen LogP contribution in [-0.2, 0) is 14.3 Å². The monoisotopic (exact) mass is 286 g/mol. The van der Waals surface area contributed by atoms with E-state index in [1.165, 1.54) is 39.2 Å². The molecule has 0 aliphatic rings. The van der Waals surface area contributed by atoms with Gasteiger partial charge in [-0.05, 0) is 12.8 Å². The van der Waals surface area contributed by atoms with Gasteiger partial charge in [0.15, 0.2) is 0 Å². The fourth-order valence-corrected chi connectivity index (χ4v) is 2.28. The zero-order valence-corrected chi connectivity index (χ0v) is 13.0. The maximum atomic E-state index is 11.2. The minimum Gasteiger partial charge on any atom is -0.481 e. The Balaban J connectivity index is 3.17. The number of ether oxygens (including phenoxy) is 1. The largest absolute Gasteiger partial charge is 0.481 e. The van der Waals surface area contributed by atoms with Gasteiger partial charge < -0.3 is 9.84 Å². The average molecular weight is 286 g/mol. The first-order chi connectivity index (χ1) is 9.57. The Morgan fingerprint density at radius 2 is 1.35 bits per heavy atom. The molecule has 118 valence electrons. The minimum absolute atomic E-state index is 0.0224. The molecule has 0 amide bonds. The molecule has 0 saturated heterocycles. The molecule has 0 aromatic rings. The summed E-state index contributed by atoms with van der Waals surface area (Å²) in [5.74, 6) is -0.772. The number of hydrogen-bond donors (Lipinski definition) is 1. The lowest BCUT2D eigenvalue weighted by atomic mass is 10.0. The van der Waals surface area contributed by atoms with Crippen LogP contribution in [0.25, 0.3) is 0 Å². The minimum atomic E-state index is -0.689. The highest BCUT2D eigenvalue weighted by Crippen LogP contribution is 2.14. The molecular formula is C16H30O4. The van der Waals surface area contributed by atoms with E-state index in [1.54, 1.807) is 0 Å². The molecular weight excluding hydrogens is 256 g/mol. The van der Waals surface area contributed by atoms with Crippen LogP contribution in [0, 0.1) is 5.92 Å². The summed E-state index contributed by atoms with van der Waals surface area (Å²) in [6.45, 7) is 1.92. The van der Waals surface area contributed by atoms with Gasteiger partial charge in [-0.2, -0.15) is 0 Å². The van der Waals surface area contributed by atoms with Gasteiger partial charge in [-0.25, -0.2) is 0 Å². The first-order valence-electron chi connectivity index (χ1n) is 7.87. The van der Waals surface area contributed by atoms with E-state index >= 15 is 0 Å². The van der Waals surface area contributed by atoms with Gasteiger partial charge >= 0.3 is 11.9 Å². The normalized spacial score (nSPS) is 12.1. The summed E-state index contributed by atoms with van der Waals surface area (Å²) in [5, 5.41) is 8.50. The van der Waals surface area contributed by atoms with Gasteiger partial charge in [-0.15, -0.1) is 0 Å². The van der Waals surface area contributed by atoms with Crippen molar-refractivity contribution in [1.82, 2.24) is 0 Å². The molecule has 0 saturated carbocycles. The Kier molecular flexibility index (Phi) is 12.3. The van der Waals surface area contributed by atoms with Crippen molar-refractivity contribution in [3.63, 3.8) is 0 Å². The van der Waals surface area contributed by atoms with Crippen LogP contribution < -0.4 is 0 Å². The fraction of sp³-hybridized carbons (Fsp3) is 0.875. The molecule has 0 radical (unpaired) electrons. The summed E-state index contributed by atoms with van der Waals surface area (Å²) in [4.78, 5) is 21.5. The van der Waals surface area contributed by atoms with Gasteiger partial charge in [-0.3, -0.25) is 9.59 Å². The van der Waals surface area contributed by atoms with Crippen LogP contribution >= 0.6 is 0 Å². The quantitative estimate of drug-likeness (QED) is 0.407. The highest BCUT2D eigenvalue weighted by atomic mass is 16.5. The van der Waals surface area contributed by atoms with E-state index in [4.69, 9.17) is 9.84 Å². The smallest absolute Gasteiger partial charge is 0.308 e. The number of rotatable bonds is 13. The van der Waals surface area contributed by atoms with Gasteiger partial charge in [0.25, 0.3) is 0 Å². The van der Waals surface area contributed by atoms with Gasteiger partial charge in [0.05, 0.1) is 13.0 Å². The van der Waals surface area contributed by atoms with E-state index in [-0.39, 0.29) is 11.9 Å². The topological polar surface area (TPSA) is 63.6 Å². The van der Waals surface area contributed by atoms with Crippen molar-refractivity contribution in [3.05, 3.63) is 0 Å². The molecule has 4 nitrogen and oxygen atoms in total. The van der Waals surface area contributed by atoms with Gasteiger partial charge in [0.1, 0.15) is 0 Å². The highest BCUT2D eigenvalue weighted by Gasteiger charge is 2.11. The molecule has 0 rings (SSSR count). The van der Waals surface area contributed by atoms with Crippen molar-refractivity contribution in [2.24, 2.45) is 5.92 Å². The second-order valence-corrected chi connectivity index (χ2v) is 5.54. The van der Waals surface area contributed by atoms with Crippen LogP contribution in [0.3, 0.4) is 0 Å². The Morgan fingerprint density at radius 1 is 0.900 bits per heavy atom. The van der Waals surface area contributed by atoms with Crippen molar-refractivity contribution in [2.45, 2.75) is 77.6 Å². The van der Waals surface area contributed by atoms with Crippen molar-refractivity contribution in [3.8, 4) is 0 Å². The van der Waals surface area contributed by atoms with E-state index < -0.39 is 5.97 Å². The molecule has 0 aromatic heterocycles. The van der Waals surface area contributed by atoms with E-state index in [0.717, 1.165) is 32.1 Å². The Hall–Kier alpha value is -1.06. The number of unbranched alkanes of at least 4 members (excludes halogenated alkanes) is 8. The number of carboxylic acids is 1. The van der Waals surface area contributed by atoms with E-state index in [1.807, 2.05) is 6.92 Å². The zero-order chi connectivity index (χ0) is 15.2. The van der Waals surface area contributed by atoms with Crippen molar-refractivity contribution >= 4 is 11.9 Å². The lowest BCUT2D eigenvalue weighted by Gasteiger charge is -2.08. The number of esters is 1. The summed E-state index contributed by atoms with van der Waals surface area (Å²) in [6.07, 6.45) is 11.4.